The summed E-state index contributed by atoms with van der Waals surface area (Å²) >= 11 is 0. The third kappa shape index (κ3) is 10.3. The van der Waals surface area contributed by atoms with Gasteiger partial charge in [-0.3, -0.25) is 0 Å². The van der Waals surface area contributed by atoms with Gasteiger partial charge in [0.2, 0.25) is 0 Å². The first kappa shape index (κ1) is 27.2. The van der Waals surface area contributed by atoms with E-state index in [1.165, 1.54) is 56.7 Å². The summed E-state index contributed by atoms with van der Waals surface area (Å²) in [5, 5.41) is 8.97. The Kier molecular flexibility index (Phi) is 11.4. The number of carboxylic acids is 1. The highest BCUT2D eigenvalue weighted by Crippen LogP contribution is 2.32. The number of rotatable bonds is 14. The van der Waals surface area contributed by atoms with Crippen molar-refractivity contribution in [3.63, 3.8) is 0 Å². The smallest absolute Gasteiger partial charge is 0.416 e. The fourth-order valence-corrected chi connectivity index (χ4v) is 3.53. The van der Waals surface area contributed by atoms with Gasteiger partial charge >= 0.3 is 12.1 Å². The average Bonchev–Trinajstić information content (AvgIpc) is 2.81. The molecule has 6 heteroatoms. The summed E-state index contributed by atoms with van der Waals surface area (Å²) in [6, 6.07) is 12.0. The number of benzene rings is 2. The van der Waals surface area contributed by atoms with Crippen LogP contribution < -0.4 is 4.74 Å². The van der Waals surface area contributed by atoms with Crippen LogP contribution in [0, 0.1) is 0 Å². The van der Waals surface area contributed by atoms with Gasteiger partial charge in [0.25, 0.3) is 0 Å². The molecule has 0 unspecified atom stereocenters. The van der Waals surface area contributed by atoms with Gasteiger partial charge in [-0.25, -0.2) is 4.79 Å². The summed E-state index contributed by atoms with van der Waals surface area (Å²) in [6.07, 6.45) is 9.19. The minimum Gasteiger partial charge on any atom is -0.494 e. The molecule has 184 valence electrons. The Morgan fingerprint density at radius 2 is 1.56 bits per heavy atom. The Morgan fingerprint density at radius 3 is 2.18 bits per heavy atom. The molecule has 0 saturated heterocycles. The number of alkyl halides is 3. The number of hydrogen-bond acceptors (Lipinski definition) is 2. The van der Waals surface area contributed by atoms with E-state index in [0.29, 0.717) is 12.2 Å². The normalized spacial score (nSPS) is 12.3. The minimum absolute atomic E-state index is 0.280. The lowest BCUT2D eigenvalue weighted by Gasteiger charge is -2.10. The third-order valence-corrected chi connectivity index (χ3v) is 5.40. The molecule has 1 N–H and O–H groups in total. The van der Waals surface area contributed by atoms with Gasteiger partial charge in [0, 0.05) is 6.08 Å². The predicted molar refractivity (Wildman–Crippen MR) is 131 cm³/mol. The molecule has 0 fully saturated rings. The molecule has 0 aliphatic rings. The highest BCUT2D eigenvalue weighted by Gasteiger charge is 2.30. The van der Waals surface area contributed by atoms with Crippen LogP contribution in [-0.4, -0.2) is 17.7 Å². The summed E-state index contributed by atoms with van der Waals surface area (Å²) in [6.45, 7) is 2.85. The fourth-order valence-electron chi connectivity index (χ4n) is 3.53. The van der Waals surface area contributed by atoms with Crippen molar-refractivity contribution >= 4 is 17.6 Å². The summed E-state index contributed by atoms with van der Waals surface area (Å²) in [7, 11) is 0. The Morgan fingerprint density at radius 1 is 0.912 bits per heavy atom. The summed E-state index contributed by atoms with van der Waals surface area (Å²) in [4.78, 5) is 11.0. The first-order valence-electron chi connectivity index (χ1n) is 11.8. The zero-order valence-electron chi connectivity index (χ0n) is 19.6. The second kappa shape index (κ2) is 14.3. The maximum Gasteiger partial charge on any atom is 0.416 e. The van der Waals surface area contributed by atoms with Gasteiger partial charge in [0.05, 0.1) is 12.2 Å². The van der Waals surface area contributed by atoms with Gasteiger partial charge in [0.15, 0.2) is 0 Å². The predicted octanol–water partition coefficient (Wildman–Crippen LogP) is 8.41. The van der Waals surface area contributed by atoms with Crippen molar-refractivity contribution in [3.8, 4) is 5.75 Å². The molecule has 0 aliphatic carbocycles. The lowest BCUT2D eigenvalue weighted by Crippen LogP contribution is -2.05. The fraction of sp³-hybridized carbons (Fsp3) is 0.393. The van der Waals surface area contributed by atoms with E-state index in [-0.39, 0.29) is 5.56 Å². The van der Waals surface area contributed by atoms with Crippen molar-refractivity contribution in [2.75, 3.05) is 6.61 Å². The first-order chi connectivity index (χ1) is 16.3. The van der Waals surface area contributed by atoms with Gasteiger partial charge in [-0.1, -0.05) is 76.1 Å². The van der Waals surface area contributed by atoms with Crippen molar-refractivity contribution in [1.82, 2.24) is 0 Å². The lowest BCUT2D eigenvalue weighted by atomic mass is 10.00. The Labute approximate surface area is 200 Å². The molecular formula is C28H33F3O3. The number of hydrogen-bond donors (Lipinski definition) is 1. The van der Waals surface area contributed by atoms with Crippen molar-refractivity contribution in [3.05, 3.63) is 77.4 Å². The Balaban J connectivity index is 1.99. The molecule has 0 spiro atoms. The van der Waals surface area contributed by atoms with E-state index in [9.17, 15) is 18.0 Å². The van der Waals surface area contributed by atoms with Crippen LogP contribution in [0.3, 0.4) is 0 Å². The molecule has 0 amide bonds. The van der Waals surface area contributed by atoms with Gasteiger partial charge in [0.1, 0.15) is 5.75 Å². The molecule has 0 heterocycles. The van der Waals surface area contributed by atoms with Crippen LogP contribution in [0.1, 0.15) is 75.0 Å². The van der Waals surface area contributed by atoms with Crippen molar-refractivity contribution < 1.29 is 27.8 Å². The van der Waals surface area contributed by atoms with E-state index < -0.39 is 17.7 Å². The van der Waals surface area contributed by atoms with Crippen LogP contribution in [0.4, 0.5) is 13.2 Å². The molecule has 0 bridgehead atoms. The van der Waals surface area contributed by atoms with E-state index in [0.717, 1.165) is 42.4 Å². The van der Waals surface area contributed by atoms with Gasteiger partial charge < -0.3 is 9.84 Å². The molecule has 2 rings (SSSR count). The van der Waals surface area contributed by atoms with E-state index >= 15 is 0 Å². The molecule has 0 atom stereocenters. The van der Waals surface area contributed by atoms with Gasteiger partial charge in [-0.2, -0.15) is 13.2 Å². The van der Waals surface area contributed by atoms with Crippen molar-refractivity contribution in [2.24, 2.45) is 0 Å². The zero-order chi connectivity index (χ0) is 24.8. The molecular weight excluding hydrogens is 441 g/mol. The monoisotopic (exact) mass is 474 g/mol. The number of carbonyl (C=O) groups is 1. The van der Waals surface area contributed by atoms with Crippen LogP contribution in [0.5, 0.6) is 5.75 Å². The van der Waals surface area contributed by atoms with E-state index in [2.05, 4.69) is 6.92 Å². The van der Waals surface area contributed by atoms with Gasteiger partial charge in [-0.05, 0) is 59.5 Å². The molecule has 2 aromatic carbocycles. The highest BCUT2D eigenvalue weighted by atomic mass is 19.4. The molecule has 2 aromatic rings. The van der Waals surface area contributed by atoms with Gasteiger partial charge in [-0.15, -0.1) is 0 Å². The van der Waals surface area contributed by atoms with Crippen molar-refractivity contribution in [1.29, 1.82) is 0 Å². The number of ether oxygens (including phenoxy) is 1. The summed E-state index contributed by atoms with van der Waals surface area (Å²) < 4.78 is 45.1. The number of aliphatic carboxylic acids is 1. The quantitative estimate of drug-likeness (QED) is 0.129. The maximum absolute atomic E-state index is 13.1. The molecule has 34 heavy (non-hydrogen) atoms. The third-order valence-electron chi connectivity index (χ3n) is 5.40. The van der Waals surface area contributed by atoms with Crippen LogP contribution in [-0.2, 0) is 11.0 Å². The van der Waals surface area contributed by atoms with E-state index in [1.54, 1.807) is 30.3 Å². The molecule has 0 radical (unpaired) electrons. The summed E-state index contributed by atoms with van der Waals surface area (Å²) in [5.41, 5.74) is 0.578. The second-order valence-corrected chi connectivity index (χ2v) is 8.24. The number of allylic oxidation sites excluding steroid dienone is 2. The Bertz CT molecular complexity index is 944. The SMILES string of the molecule is CCCCCCCCCCOc1ccc(/C=C(/C=CC(=O)O)c2cccc(C(F)(F)F)c2)cc1. The molecule has 0 aliphatic heterocycles. The molecule has 0 saturated carbocycles. The van der Waals surface area contributed by atoms with Crippen molar-refractivity contribution in [2.45, 2.75) is 64.5 Å². The maximum atomic E-state index is 13.1. The van der Waals surface area contributed by atoms with Crippen LogP contribution in [0.25, 0.3) is 11.6 Å². The van der Waals surface area contributed by atoms with Crippen LogP contribution >= 0.6 is 0 Å². The molecule has 0 aromatic heterocycles. The second-order valence-electron chi connectivity index (χ2n) is 8.24. The molecule has 3 nitrogen and oxygen atoms in total. The van der Waals surface area contributed by atoms with E-state index in [4.69, 9.17) is 9.84 Å². The minimum atomic E-state index is -4.48. The highest BCUT2D eigenvalue weighted by molar-refractivity contribution is 5.92. The standard InChI is InChI=1S/C28H33F3O3/c1-2-3-4-5-6-7-8-9-19-34-26-16-13-22(14-17-26)20-24(15-18-27(32)33)23-11-10-12-25(21-23)28(29,30)31/h10-18,20-21H,2-9,19H2,1H3,(H,32,33)/b18-15?,24-20-. The number of unbranched alkanes of at least 4 members (excludes halogenated alkanes) is 7. The van der Waals surface area contributed by atoms with E-state index in [1.807, 2.05) is 0 Å². The Hall–Kier alpha value is -3.02. The zero-order valence-corrected chi connectivity index (χ0v) is 19.6. The van der Waals surface area contributed by atoms with Crippen LogP contribution in [0.15, 0.2) is 60.7 Å². The lowest BCUT2D eigenvalue weighted by molar-refractivity contribution is -0.137. The number of halogens is 3. The topological polar surface area (TPSA) is 46.5 Å². The van der Waals surface area contributed by atoms with Crippen LogP contribution in [0.2, 0.25) is 0 Å². The average molecular weight is 475 g/mol. The summed E-state index contributed by atoms with van der Waals surface area (Å²) in [5.74, 6) is -0.454. The number of carboxylic acid groups (broad SMARTS) is 1. The first-order valence-corrected chi connectivity index (χ1v) is 11.8. The largest absolute Gasteiger partial charge is 0.494 e.